The fourth-order valence-corrected chi connectivity index (χ4v) is 4.25. The number of imidazole rings is 1. The summed E-state index contributed by atoms with van der Waals surface area (Å²) in [6, 6.07) is 8.49. The first-order chi connectivity index (χ1) is 15.4. The smallest absolute Gasteiger partial charge is 0.238 e. The minimum absolute atomic E-state index is 0.0854. The predicted octanol–water partition coefficient (Wildman–Crippen LogP) is 3.72. The van der Waals surface area contributed by atoms with E-state index in [0.717, 1.165) is 48.4 Å². The maximum absolute atomic E-state index is 11.7. The minimum atomic E-state index is -0.0854. The van der Waals surface area contributed by atoms with Crippen molar-refractivity contribution in [2.75, 3.05) is 37.3 Å². The second-order valence-electron chi connectivity index (χ2n) is 8.47. The topological polar surface area (TPSA) is 98.0 Å². The lowest BCUT2D eigenvalue weighted by Crippen LogP contribution is -2.42. The second-order valence-corrected chi connectivity index (χ2v) is 8.88. The predicted molar refractivity (Wildman–Crippen MR) is 130 cm³/mol. The number of H-pyrrole nitrogens is 1. The standard InChI is InChI=1S/C23H30ClN7O/c1-14(2)31-10-8-17(9-11-31)28-20-18(24)12-26-23-21(20)29-22(30-23)15-4-6-16(7-5-15)27-19(32)13-25-3/h4-7,12,14,17,25H,8-11,13H2,1-3H3,(H,27,32)(H2,26,28,29,30). The van der Waals surface area contributed by atoms with E-state index in [1.807, 2.05) is 24.3 Å². The highest BCUT2D eigenvalue weighted by molar-refractivity contribution is 6.34. The Labute approximate surface area is 193 Å². The quantitative estimate of drug-likeness (QED) is 0.433. The van der Waals surface area contributed by atoms with Gasteiger partial charge in [0.05, 0.1) is 23.5 Å². The van der Waals surface area contributed by atoms with E-state index in [2.05, 4.69) is 49.6 Å². The molecule has 1 aliphatic rings. The number of halogens is 1. The molecule has 32 heavy (non-hydrogen) atoms. The van der Waals surface area contributed by atoms with Crippen LogP contribution < -0.4 is 16.0 Å². The molecule has 3 aromatic rings. The summed E-state index contributed by atoms with van der Waals surface area (Å²) in [5, 5.41) is 9.90. The number of rotatable bonds is 7. The molecule has 4 N–H and O–H groups in total. The van der Waals surface area contributed by atoms with Gasteiger partial charge in [0.1, 0.15) is 11.3 Å². The summed E-state index contributed by atoms with van der Waals surface area (Å²) in [6.07, 6.45) is 3.79. The number of benzene rings is 1. The van der Waals surface area contributed by atoms with E-state index in [4.69, 9.17) is 11.6 Å². The van der Waals surface area contributed by atoms with Crippen LogP contribution in [-0.2, 0) is 4.79 Å². The molecule has 1 aliphatic heterocycles. The van der Waals surface area contributed by atoms with E-state index in [1.54, 1.807) is 13.2 Å². The number of carbonyl (C=O) groups is 1. The van der Waals surface area contributed by atoms with Crippen molar-refractivity contribution < 1.29 is 4.79 Å². The number of aromatic nitrogens is 3. The fraction of sp³-hybridized carbons (Fsp3) is 0.435. The summed E-state index contributed by atoms with van der Waals surface area (Å²) in [7, 11) is 1.74. The lowest BCUT2D eigenvalue weighted by Gasteiger charge is -2.35. The highest BCUT2D eigenvalue weighted by atomic mass is 35.5. The average Bonchev–Trinajstić information content (AvgIpc) is 3.21. The third kappa shape index (κ3) is 5.03. The molecular weight excluding hydrogens is 426 g/mol. The Kier molecular flexibility index (Phi) is 6.93. The molecule has 1 amide bonds. The molecule has 2 aromatic heterocycles. The normalized spacial score (nSPS) is 15.4. The highest BCUT2D eigenvalue weighted by Crippen LogP contribution is 2.32. The molecule has 0 bridgehead atoms. The van der Waals surface area contributed by atoms with E-state index in [0.29, 0.717) is 28.6 Å². The Balaban J connectivity index is 1.53. The molecule has 1 saturated heterocycles. The number of likely N-dealkylation sites (N-methyl/N-ethyl adjacent to an activating group) is 1. The number of pyridine rings is 1. The summed E-state index contributed by atoms with van der Waals surface area (Å²) in [5.74, 6) is 0.623. The van der Waals surface area contributed by atoms with E-state index in [9.17, 15) is 4.79 Å². The highest BCUT2D eigenvalue weighted by Gasteiger charge is 2.23. The third-order valence-corrected chi connectivity index (χ3v) is 6.15. The van der Waals surface area contributed by atoms with E-state index in [1.165, 1.54) is 0 Å². The number of hydrogen-bond acceptors (Lipinski definition) is 6. The van der Waals surface area contributed by atoms with Crippen molar-refractivity contribution in [3.63, 3.8) is 0 Å². The first kappa shape index (κ1) is 22.5. The Morgan fingerprint density at radius 1 is 1.25 bits per heavy atom. The van der Waals surface area contributed by atoms with E-state index >= 15 is 0 Å². The van der Waals surface area contributed by atoms with Crippen LogP contribution in [-0.4, -0.2) is 64.5 Å². The van der Waals surface area contributed by atoms with Gasteiger partial charge in [0.25, 0.3) is 0 Å². The Bertz CT molecular complexity index is 1070. The SMILES string of the molecule is CNCC(=O)Nc1ccc(-c2nc3ncc(Cl)c(NC4CCN(C(C)C)CC4)c3[nH]2)cc1. The van der Waals surface area contributed by atoms with Crippen LogP contribution in [0.5, 0.6) is 0 Å². The van der Waals surface area contributed by atoms with Gasteiger partial charge < -0.3 is 25.8 Å². The number of fused-ring (bicyclic) bond motifs is 1. The Morgan fingerprint density at radius 2 is 1.97 bits per heavy atom. The maximum Gasteiger partial charge on any atom is 0.238 e. The number of aromatic amines is 1. The van der Waals surface area contributed by atoms with Gasteiger partial charge >= 0.3 is 0 Å². The first-order valence-electron chi connectivity index (χ1n) is 11.0. The number of anilines is 2. The molecule has 0 unspecified atom stereocenters. The van der Waals surface area contributed by atoms with E-state index < -0.39 is 0 Å². The van der Waals surface area contributed by atoms with Crippen molar-refractivity contribution in [1.29, 1.82) is 0 Å². The van der Waals surface area contributed by atoms with Crippen molar-refractivity contribution in [1.82, 2.24) is 25.2 Å². The van der Waals surface area contributed by atoms with Crippen LogP contribution in [0.4, 0.5) is 11.4 Å². The van der Waals surface area contributed by atoms with Crippen molar-refractivity contribution in [3.8, 4) is 11.4 Å². The zero-order chi connectivity index (χ0) is 22.7. The molecule has 3 heterocycles. The van der Waals surface area contributed by atoms with Crippen LogP contribution in [0, 0.1) is 0 Å². The molecule has 170 valence electrons. The van der Waals surface area contributed by atoms with Gasteiger partial charge in [-0.05, 0) is 58.0 Å². The van der Waals surface area contributed by atoms with Gasteiger partial charge in [-0.25, -0.2) is 9.97 Å². The maximum atomic E-state index is 11.7. The number of likely N-dealkylation sites (tertiary alicyclic amines) is 1. The van der Waals surface area contributed by atoms with Crippen LogP contribution >= 0.6 is 11.6 Å². The molecule has 0 atom stereocenters. The largest absolute Gasteiger partial charge is 0.379 e. The number of piperidine rings is 1. The third-order valence-electron chi connectivity index (χ3n) is 5.86. The fourth-order valence-electron chi connectivity index (χ4n) is 4.05. The first-order valence-corrected chi connectivity index (χ1v) is 11.4. The number of hydrogen-bond donors (Lipinski definition) is 4. The van der Waals surface area contributed by atoms with Crippen molar-refractivity contribution >= 4 is 40.0 Å². The summed E-state index contributed by atoms with van der Waals surface area (Å²) in [5.41, 5.74) is 3.93. The summed E-state index contributed by atoms with van der Waals surface area (Å²) >= 11 is 6.52. The molecule has 8 nitrogen and oxygen atoms in total. The molecule has 0 aliphatic carbocycles. The molecule has 4 rings (SSSR count). The lowest BCUT2D eigenvalue weighted by atomic mass is 10.0. The number of nitrogens with one attached hydrogen (secondary N) is 4. The van der Waals surface area contributed by atoms with Crippen LogP contribution in [0.1, 0.15) is 26.7 Å². The molecule has 0 radical (unpaired) electrons. The Hall–Kier alpha value is -2.68. The molecule has 0 saturated carbocycles. The zero-order valence-corrected chi connectivity index (χ0v) is 19.5. The van der Waals surface area contributed by atoms with Crippen LogP contribution in [0.3, 0.4) is 0 Å². The van der Waals surface area contributed by atoms with Gasteiger partial charge in [0.2, 0.25) is 5.91 Å². The number of carbonyl (C=O) groups excluding carboxylic acids is 1. The van der Waals surface area contributed by atoms with Gasteiger partial charge in [-0.3, -0.25) is 4.79 Å². The molecule has 1 aromatic carbocycles. The van der Waals surface area contributed by atoms with E-state index in [-0.39, 0.29) is 12.5 Å². The summed E-state index contributed by atoms with van der Waals surface area (Å²) in [4.78, 5) is 26.7. The van der Waals surface area contributed by atoms with Crippen LogP contribution in [0.15, 0.2) is 30.5 Å². The summed E-state index contributed by atoms with van der Waals surface area (Å²) in [6.45, 7) is 6.90. The monoisotopic (exact) mass is 455 g/mol. The second kappa shape index (κ2) is 9.85. The van der Waals surface area contributed by atoms with Crippen molar-refractivity contribution in [3.05, 3.63) is 35.5 Å². The number of nitrogens with zero attached hydrogens (tertiary/aromatic N) is 3. The van der Waals surface area contributed by atoms with Crippen LogP contribution in [0.2, 0.25) is 5.02 Å². The van der Waals surface area contributed by atoms with Gasteiger partial charge in [-0.2, -0.15) is 0 Å². The van der Waals surface area contributed by atoms with Crippen molar-refractivity contribution in [2.45, 2.75) is 38.8 Å². The van der Waals surface area contributed by atoms with Crippen molar-refractivity contribution in [2.24, 2.45) is 0 Å². The van der Waals surface area contributed by atoms with Gasteiger partial charge in [0.15, 0.2) is 5.65 Å². The molecular formula is C23H30ClN7O. The van der Waals surface area contributed by atoms with Gasteiger partial charge in [-0.15, -0.1) is 0 Å². The lowest BCUT2D eigenvalue weighted by molar-refractivity contribution is -0.115. The Morgan fingerprint density at radius 3 is 2.62 bits per heavy atom. The van der Waals surface area contributed by atoms with Crippen LogP contribution in [0.25, 0.3) is 22.6 Å². The minimum Gasteiger partial charge on any atom is -0.379 e. The zero-order valence-electron chi connectivity index (χ0n) is 18.7. The van der Waals surface area contributed by atoms with Gasteiger partial charge in [-0.1, -0.05) is 11.6 Å². The summed E-state index contributed by atoms with van der Waals surface area (Å²) < 4.78 is 0. The number of amides is 1. The molecule has 1 fully saturated rings. The average molecular weight is 456 g/mol. The molecule has 0 spiro atoms. The molecule has 9 heteroatoms. The van der Waals surface area contributed by atoms with Gasteiger partial charge in [0, 0.05) is 36.4 Å².